The number of nitrogens with two attached hydrogens (primary N) is 1. The molecular weight excluding hydrogens is 306 g/mol. The lowest BCUT2D eigenvalue weighted by Gasteiger charge is -2.24. The van der Waals surface area contributed by atoms with E-state index >= 15 is 0 Å². The molecule has 132 valence electrons. The molecule has 0 aliphatic heterocycles. The third-order valence-electron chi connectivity index (χ3n) is 4.31. The van der Waals surface area contributed by atoms with E-state index in [0.717, 1.165) is 27.9 Å². The maximum Gasteiger partial charge on any atom is 0.242 e. The predicted octanol–water partition coefficient (Wildman–Crippen LogP) is 1.38. The lowest BCUT2D eigenvalue weighted by Crippen LogP contribution is -2.48. The summed E-state index contributed by atoms with van der Waals surface area (Å²) < 4.78 is 7.08. The molecule has 7 nitrogen and oxygen atoms in total. The molecule has 0 aliphatic rings. The van der Waals surface area contributed by atoms with Gasteiger partial charge in [-0.2, -0.15) is 0 Å². The van der Waals surface area contributed by atoms with Crippen LogP contribution < -0.4 is 15.8 Å². The summed E-state index contributed by atoms with van der Waals surface area (Å²) in [4.78, 5) is 16.8. The number of nitrogens with zero attached hydrogens (tertiary/aromatic N) is 3. The number of amides is 1. The van der Waals surface area contributed by atoms with Crippen LogP contribution in [0.3, 0.4) is 0 Å². The first kappa shape index (κ1) is 18.2. The highest BCUT2D eigenvalue weighted by Gasteiger charge is 2.21. The maximum absolute atomic E-state index is 12.2. The van der Waals surface area contributed by atoms with Gasteiger partial charge in [0.05, 0.1) is 12.5 Å². The van der Waals surface area contributed by atoms with Crippen LogP contribution in [0.5, 0.6) is 5.88 Å². The topological polar surface area (TPSA) is 95.1 Å². The molecule has 0 radical (unpaired) electrons. The predicted molar refractivity (Wildman–Crippen MR) is 94.1 cm³/mol. The number of aromatic nitrogens is 3. The Morgan fingerprint density at radius 1 is 1.38 bits per heavy atom. The van der Waals surface area contributed by atoms with E-state index in [4.69, 9.17) is 10.5 Å². The van der Waals surface area contributed by atoms with E-state index in [1.165, 1.54) is 0 Å². The van der Waals surface area contributed by atoms with E-state index in [1.54, 1.807) is 11.8 Å². The van der Waals surface area contributed by atoms with Crippen molar-refractivity contribution >= 4 is 16.9 Å². The second-order valence-electron chi connectivity index (χ2n) is 6.77. The minimum atomic E-state index is -0.393. The summed E-state index contributed by atoms with van der Waals surface area (Å²) in [6.07, 6.45) is 1.01. The average Bonchev–Trinajstić information content (AvgIpc) is 2.83. The monoisotopic (exact) mass is 333 g/mol. The quantitative estimate of drug-likeness (QED) is 0.833. The Morgan fingerprint density at radius 3 is 2.62 bits per heavy atom. The molecule has 0 spiro atoms. The Labute approximate surface area is 142 Å². The van der Waals surface area contributed by atoms with Crippen LogP contribution in [0.1, 0.15) is 37.1 Å². The molecule has 3 N–H and O–H groups in total. The van der Waals surface area contributed by atoms with Crippen molar-refractivity contribution in [1.82, 2.24) is 20.1 Å². The summed E-state index contributed by atoms with van der Waals surface area (Å²) in [7, 11) is 3.45. The van der Waals surface area contributed by atoms with Crippen molar-refractivity contribution in [2.75, 3.05) is 13.7 Å². The first-order chi connectivity index (χ1) is 11.2. The van der Waals surface area contributed by atoms with Gasteiger partial charge in [-0.05, 0) is 45.2 Å². The molecule has 0 aromatic carbocycles. The molecule has 2 heterocycles. The third kappa shape index (κ3) is 3.51. The largest absolute Gasteiger partial charge is 0.479 e. The Bertz CT molecular complexity index is 764. The summed E-state index contributed by atoms with van der Waals surface area (Å²) in [5.41, 5.74) is 9.10. The number of aryl methyl sites for hydroxylation is 3. The van der Waals surface area contributed by atoms with Crippen molar-refractivity contribution in [3.8, 4) is 5.88 Å². The fraction of sp³-hybridized carbons (Fsp3) is 0.588. The first-order valence-corrected chi connectivity index (χ1v) is 8.08. The Hall–Kier alpha value is -2.15. The molecule has 0 unspecified atom stereocenters. The molecule has 0 atom stereocenters. The van der Waals surface area contributed by atoms with Crippen molar-refractivity contribution in [3.05, 3.63) is 16.8 Å². The maximum atomic E-state index is 12.2. The van der Waals surface area contributed by atoms with E-state index < -0.39 is 5.54 Å². The van der Waals surface area contributed by atoms with Gasteiger partial charge < -0.3 is 15.8 Å². The van der Waals surface area contributed by atoms with E-state index in [9.17, 15) is 4.79 Å². The minimum absolute atomic E-state index is 0.0116. The number of carbonyl (C=O) groups is 1. The van der Waals surface area contributed by atoms with Crippen LogP contribution in [-0.4, -0.2) is 39.9 Å². The van der Waals surface area contributed by atoms with Crippen LogP contribution >= 0.6 is 0 Å². The van der Waals surface area contributed by atoms with Gasteiger partial charge in [0.2, 0.25) is 11.8 Å². The van der Waals surface area contributed by atoms with Crippen LogP contribution in [0, 0.1) is 13.8 Å². The lowest BCUT2D eigenvalue weighted by molar-refractivity contribution is -0.122. The zero-order valence-corrected chi connectivity index (χ0v) is 15.4. The first-order valence-electron chi connectivity index (χ1n) is 8.08. The normalized spacial score (nSPS) is 11.8. The van der Waals surface area contributed by atoms with Crippen LogP contribution in [-0.2, 0) is 18.3 Å². The second-order valence-corrected chi connectivity index (χ2v) is 6.77. The van der Waals surface area contributed by atoms with Gasteiger partial charge in [-0.3, -0.25) is 4.79 Å². The van der Waals surface area contributed by atoms with E-state index in [2.05, 4.69) is 15.4 Å². The van der Waals surface area contributed by atoms with Gasteiger partial charge in [-0.15, -0.1) is 5.10 Å². The van der Waals surface area contributed by atoms with Crippen molar-refractivity contribution in [2.45, 2.75) is 46.1 Å². The van der Waals surface area contributed by atoms with Crippen LogP contribution in [0.15, 0.2) is 0 Å². The molecule has 7 heteroatoms. The standard InChI is InChI=1S/C17H27N5O2/c1-10-12(7-8-13(23)20-17(3,4)9-18)11(2)19-15-14(10)16(24-6)21-22(15)5/h7-9,18H2,1-6H3,(H,20,23). The molecule has 2 aromatic rings. The number of carbonyl (C=O) groups excluding carboxylic acids is 1. The van der Waals surface area contributed by atoms with Gasteiger partial charge in [-0.1, -0.05) is 0 Å². The molecule has 2 aromatic heterocycles. The summed E-state index contributed by atoms with van der Waals surface area (Å²) >= 11 is 0. The summed E-state index contributed by atoms with van der Waals surface area (Å²) in [6.45, 7) is 8.21. The number of pyridine rings is 1. The minimum Gasteiger partial charge on any atom is -0.479 e. The summed E-state index contributed by atoms with van der Waals surface area (Å²) in [5.74, 6) is 0.551. The molecule has 0 saturated heterocycles. The Kier molecular flexibility index (Phi) is 5.13. The molecule has 1 amide bonds. The second kappa shape index (κ2) is 6.76. The fourth-order valence-corrected chi connectivity index (χ4v) is 2.84. The SMILES string of the molecule is COc1nn(C)c2nc(C)c(CCC(=O)NC(C)(C)CN)c(C)c12. The number of fused-ring (bicyclic) bond motifs is 1. The number of hydrogen-bond acceptors (Lipinski definition) is 5. The van der Waals surface area contributed by atoms with Crippen molar-refractivity contribution in [1.29, 1.82) is 0 Å². The highest BCUT2D eigenvalue weighted by Crippen LogP contribution is 2.30. The third-order valence-corrected chi connectivity index (χ3v) is 4.31. The van der Waals surface area contributed by atoms with Crippen LogP contribution in [0.4, 0.5) is 0 Å². The fourth-order valence-electron chi connectivity index (χ4n) is 2.84. The number of methoxy groups -OCH3 is 1. The van der Waals surface area contributed by atoms with Gasteiger partial charge in [0.15, 0.2) is 5.65 Å². The number of rotatable bonds is 6. The van der Waals surface area contributed by atoms with E-state index in [-0.39, 0.29) is 5.91 Å². The van der Waals surface area contributed by atoms with Crippen molar-refractivity contribution in [2.24, 2.45) is 12.8 Å². The van der Waals surface area contributed by atoms with E-state index in [1.807, 2.05) is 34.7 Å². The van der Waals surface area contributed by atoms with Gasteiger partial charge >= 0.3 is 0 Å². The molecule has 24 heavy (non-hydrogen) atoms. The summed E-state index contributed by atoms with van der Waals surface area (Å²) in [6, 6.07) is 0. The zero-order chi connectivity index (χ0) is 18.1. The number of ether oxygens (including phenoxy) is 1. The molecule has 0 saturated carbocycles. The summed E-state index contributed by atoms with van der Waals surface area (Å²) in [5, 5.41) is 8.20. The number of hydrogen-bond donors (Lipinski definition) is 2. The van der Waals surface area contributed by atoms with Gasteiger partial charge in [0.1, 0.15) is 0 Å². The highest BCUT2D eigenvalue weighted by atomic mass is 16.5. The van der Waals surface area contributed by atoms with Crippen molar-refractivity contribution < 1.29 is 9.53 Å². The van der Waals surface area contributed by atoms with Crippen LogP contribution in [0.2, 0.25) is 0 Å². The van der Waals surface area contributed by atoms with E-state index in [0.29, 0.717) is 25.3 Å². The molecule has 0 fully saturated rings. The smallest absolute Gasteiger partial charge is 0.242 e. The number of nitrogens with one attached hydrogen (secondary N) is 1. The molecule has 0 aliphatic carbocycles. The molecular formula is C17H27N5O2. The van der Waals surface area contributed by atoms with Crippen molar-refractivity contribution in [3.63, 3.8) is 0 Å². The molecule has 2 rings (SSSR count). The van der Waals surface area contributed by atoms with Gasteiger partial charge in [-0.25, -0.2) is 9.67 Å². The average molecular weight is 333 g/mol. The highest BCUT2D eigenvalue weighted by molar-refractivity contribution is 5.86. The van der Waals surface area contributed by atoms with Gasteiger partial charge in [0.25, 0.3) is 0 Å². The Morgan fingerprint density at radius 2 is 2.04 bits per heavy atom. The Balaban J connectivity index is 2.28. The van der Waals surface area contributed by atoms with Gasteiger partial charge in [0, 0.05) is 31.2 Å². The van der Waals surface area contributed by atoms with Crippen LogP contribution in [0.25, 0.3) is 11.0 Å². The lowest BCUT2D eigenvalue weighted by atomic mass is 9.99. The molecule has 0 bridgehead atoms. The zero-order valence-electron chi connectivity index (χ0n) is 15.4.